The van der Waals surface area contributed by atoms with Crippen LogP contribution in [0.1, 0.15) is 32.1 Å². The number of para-hydroxylation sites is 1. The Hall–Kier alpha value is -1.26. The molecule has 0 aromatic heterocycles. The maximum Gasteiger partial charge on any atom is 0.222 e. The summed E-state index contributed by atoms with van der Waals surface area (Å²) >= 11 is 6.29. The smallest absolute Gasteiger partial charge is 0.222 e. The van der Waals surface area contributed by atoms with E-state index in [0.717, 1.165) is 43.3 Å². The molecule has 4 nitrogen and oxygen atoms in total. The second-order valence-corrected chi connectivity index (χ2v) is 7.91. The maximum atomic E-state index is 12.7. The van der Waals surface area contributed by atoms with Crippen LogP contribution in [0.15, 0.2) is 24.3 Å². The van der Waals surface area contributed by atoms with Gasteiger partial charge in [-0.05, 0) is 43.7 Å². The largest absolute Gasteiger partial charge is 0.367 e. The molecular weight excluding hydrogens is 322 g/mol. The van der Waals surface area contributed by atoms with Gasteiger partial charge in [-0.15, -0.1) is 0 Å². The topological polar surface area (TPSA) is 35.6 Å². The molecule has 1 aromatic carbocycles. The summed E-state index contributed by atoms with van der Waals surface area (Å²) in [6.45, 7) is 3.35. The van der Waals surface area contributed by atoms with Crippen LogP contribution in [0.5, 0.6) is 0 Å². The number of piperazine rings is 1. The minimum absolute atomic E-state index is 0.347. The van der Waals surface area contributed by atoms with E-state index in [0.29, 0.717) is 23.9 Å². The van der Waals surface area contributed by atoms with Gasteiger partial charge in [0, 0.05) is 44.7 Å². The van der Waals surface area contributed by atoms with Crippen molar-refractivity contribution in [1.29, 1.82) is 0 Å². The average Bonchev–Trinajstić information content (AvgIpc) is 2.94. The van der Waals surface area contributed by atoms with E-state index in [9.17, 15) is 4.79 Å². The molecule has 1 N–H and O–H groups in total. The van der Waals surface area contributed by atoms with Crippen LogP contribution in [0.2, 0.25) is 5.02 Å². The van der Waals surface area contributed by atoms with Crippen LogP contribution in [-0.4, -0.2) is 49.1 Å². The Morgan fingerprint density at radius 3 is 2.42 bits per heavy atom. The number of halogens is 1. The van der Waals surface area contributed by atoms with Crippen LogP contribution >= 0.6 is 11.6 Å². The summed E-state index contributed by atoms with van der Waals surface area (Å²) in [7, 11) is 0. The van der Waals surface area contributed by atoms with Crippen LogP contribution in [0, 0.1) is 5.92 Å². The zero-order valence-corrected chi connectivity index (χ0v) is 14.8. The van der Waals surface area contributed by atoms with E-state index in [2.05, 4.69) is 21.2 Å². The summed E-state index contributed by atoms with van der Waals surface area (Å²) in [5.74, 6) is 0.929. The standard InChI is InChI=1S/C19H26ClN3O/c20-17-3-1-2-4-18(17)22-7-9-23(10-8-22)19(24)13-14-11-15-5-6-16(12-14)21-15/h1-4,14-16,21H,5-13H2. The molecule has 24 heavy (non-hydrogen) atoms. The number of benzene rings is 1. The number of anilines is 1. The molecule has 0 aliphatic carbocycles. The van der Waals surface area contributed by atoms with Crippen molar-refractivity contribution in [2.75, 3.05) is 31.1 Å². The number of hydrogen-bond acceptors (Lipinski definition) is 3. The molecule has 2 unspecified atom stereocenters. The van der Waals surface area contributed by atoms with Crippen molar-refractivity contribution in [3.05, 3.63) is 29.3 Å². The molecule has 0 radical (unpaired) electrons. The summed E-state index contributed by atoms with van der Waals surface area (Å²) in [5, 5.41) is 4.45. The molecule has 3 saturated heterocycles. The summed E-state index contributed by atoms with van der Waals surface area (Å²) in [5.41, 5.74) is 1.08. The third-order valence-electron chi connectivity index (χ3n) is 5.86. The van der Waals surface area contributed by atoms with Crippen LogP contribution in [0.3, 0.4) is 0 Å². The lowest BCUT2D eigenvalue weighted by atomic mass is 9.89. The highest BCUT2D eigenvalue weighted by Gasteiger charge is 2.35. The lowest BCUT2D eigenvalue weighted by Crippen LogP contribution is -2.49. The van der Waals surface area contributed by atoms with Crippen LogP contribution in [-0.2, 0) is 4.79 Å². The van der Waals surface area contributed by atoms with E-state index >= 15 is 0 Å². The van der Waals surface area contributed by atoms with Crippen LogP contribution in [0.25, 0.3) is 0 Å². The predicted molar refractivity (Wildman–Crippen MR) is 97.5 cm³/mol. The van der Waals surface area contributed by atoms with Crippen molar-refractivity contribution in [2.24, 2.45) is 5.92 Å². The molecular formula is C19H26ClN3O. The van der Waals surface area contributed by atoms with Crippen LogP contribution in [0.4, 0.5) is 5.69 Å². The number of fused-ring (bicyclic) bond motifs is 2. The molecule has 4 rings (SSSR count). The molecule has 1 amide bonds. The normalized spacial score (nSPS) is 29.8. The van der Waals surface area contributed by atoms with Crippen molar-refractivity contribution in [2.45, 2.75) is 44.2 Å². The number of nitrogens with one attached hydrogen (secondary N) is 1. The number of piperidine rings is 1. The number of amides is 1. The Balaban J connectivity index is 1.29. The van der Waals surface area contributed by atoms with Gasteiger partial charge in [-0.25, -0.2) is 0 Å². The quantitative estimate of drug-likeness (QED) is 0.913. The highest BCUT2D eigenvalue weighted by molar-refractivity contribution is 6.33. The maximum absolute atomic E-state index is 12.7. The second-order valence-electron chi connectivity index (χ2n) is 7.50. The van der Waals surface area contributed by atoms with E-state index in [1.807, 2.05) is 18.2 Å². The molecule has 3 aliphatic rings. The van der Waals surface area contributed by atoms with Crippen molar-refractivity contribution in [1.82, 2.24) is 10.2 Å². The van der Waals surface area contributed by atoms with E-state index in [-0.39, 0.29) is 0 Å². The lowest BCUT2D eigenvalue weighted by Gasteiger charge is -2.37. The number of nitrogens with zero attached hydrogens (tertiary/aromatic N) is 2. The van der Waals surface area contributed by atoms with Crippen molar-refractivity contribution >= 4 is 23.2 Å². The molecule has 0 saturated carbocycles. The van der Waals surface area contributed by atoms with E-state index in [1.165, 1.54) is 25.7 Å². The van der Waals surface area contributed by atoms with Gasteiger partial charge in [-0.2, -0.15) is 0 Å². The molecule has 5 heteroatoms. The monoisotopic (exact) mass is 347 g/mol. The van der Waals surface area contributed by atoms with Gasteiger partial charge in [0.15, 0.2) is 0 Å². The SMILES string of the molecule is O=C(CC1CC2CCC(C1)N2)N1CCN(c2ccccc2Cl)CC1. The number of carbonyl (C=O) groups excluding carboxylic acids is 1. The number of hydrogen-bond donors (Lipinski definition) is 1. The third kappa shape index (κ3) is 3.40. The lowest BCUT2D eigenvalue weighted by molar-refractivity contribution is -0.132. The van der Waals surface area contributed by atoms with E-state index in [4.69, 9.17) is 11.6 Å². The molecule has 1 aromatic rings. The third-order valence-corrected chi connectivity index (χ3v) is 6.18. The fourth-order valence-corrected chi connectivity index (χ4v) is 4.88. The van der Waals surface area contributed by atoms with Gasteiger partial charge in [-0.1, -0.05) is 23.7 Å². The summed E-state index contributed by atoms with van der Waals surface area (Å²) in [4.78, 5) is 17.0. The Bertz CT molecular complexity index is 588. The first kappa shape index (κ1) is 16.2. The Labute approximate surface area is 149 Å². The molecule has 130 valence electrons. The van der Waals surface area contributed by atoms with Gasteiger partial charge in [0.05, 0.1) is 10.7 Å². The Morgan fingerprint density at radius 2 is 1.75 bits per heavy atom. The predicted octanol–water partition coefficient (Wildman–Crippen LogP) is 2.91. The Kier molecular flexibility index (Phi) is 4.68. The van der Waals surface area contributed by atoms with Crippen molar-refractivity contribution in [3.8, 4) is 0 Å². The van der Waals surface area contributed by atoms with Gasteiger partial charge in [0.1, 0.15) is 0 Å². The minimum atomic E-state index is 0.347. The minimum Gasteiger partial charge on any atom is -0.367 e. The molecule has 2 atom stereocenters. The molecule has 3 heterocycles. The summed E-state index contributed by atoms with van der Waals surface area (Å²) < 4.78 is 0. The van der Waals surface area contributed by atoms with Gasteiger partial charge in [0.25, 0.3) is 0 Å². The van der Waals surface area contributed by atoms with Crippen molar-refractivity contribution < 1.29 is 4.79 Å². The number of carbonyl (C=O) groups is 1. The first-order chi connectivity index (χ1) is 11.7. The number of rotatable bonds is 3. The highest BCUT2D eigenvalue weighted by Crippen LogP contribution is 2.33. The first-order valence-electron chi connectivity index (χ1n) is 9.22. The highest BCUT2D eigenvalue weighted by atomic mass is 35.5. The van der Waals surface area contributed by atoms with Gasteiger partial charge in [0.2, 0.25) is 5.91 Å². The van der Waals surface area contributed by atoms with Gasteiger partial charge in [-0.3, -0.25) is 4.79 Å². The molecule has 2 bridgehead atoms. The summed E-state index contributed by atoms with van der Waals surface area (Å²) in [6, 6.07) is 9.30. The average molecular weight is 348 g/mol. The summed E-state index contributed by atoms with van der Waals surface area (Å²) in [6.07, 6.45) is 5.70. The van der Waals surface area contributed by atoms with Gasteiger partial charge < -0.3 is 15.1 Å². The zero-order chi connectivity index (χ0) is 16.5. The molecule has 3 fully saturated rings. The first-order valence-corrected chi connectivity index (χ1v) is 9.60. The Morgan fingerprint density at radius 1 is 1.08 bits per heavy atom. The zero-order valence-electron chi connectivity index (χ0n) is 14.1. The van der Waals surface area contributed by atoms with Gasteiger partial charge >= 0.3 is 0 Å². The van der Waals surface area contributed by atoms with Crippen LogP contribution < -0.4 is 10.2 Å². The fourth-order valence-electron chi connectivity index (χ4n) is 4.62. The fraction of sp³-hybridized carbons (Fsp3) is 0.632. The molecule has 3 aliphatic heterocycles. The van der Waals surface area contributed by atoms with E-state index < -0.39 is 0 Å². The van der Waals surface area contributed by atoms with Crippen molar-refractivity contribution in [3.63, 3.8) is 0 Å². The molecule has 0 spiro atoms. The second kappa shape index (κ2) is 6.93. The van der Waals surface area contributed by atoms with E-state index in [1.54, 1.807) is 0 Å².